The quantitative estimate of drug-likeness (QED) is 0.568. The Hall–Kier alpha value is -0.630. The van der Waals surface area contributed by atoms with Gasteiger partial charge in [-0.15, -0.1) is 11.8 Å². The molecule has 1 nitrogen and oxygen atoms in total. The molecule has 1 radical (unpaired) electrons. The van der Waals surface area contributed by atoms with E-state index in [1.807, 2.05) is 24.0 Å². The molecule has 2 aliphatic rings. The van der Waals surface area contributed by atoms with E-state index >= 15 is 0 Å². The van der Waals surface area contributed by atoms with Crippen molar-refractivity contribution < 1.29 is 0 Å². The van der Waals surface area contributed by atoms with Gasteiger partial charge in [-0.3, -0.25) is 0 Å². The SMILES string of the molecule is C[C]1C=C2NC=CC=C2S1. The number of fused-ring (bicyclic) bond motifs is 1. The molecule has 0 bridgehead atoms. The second-order valence-electron chi connectivity index (χ2n) is 2.31. The molecule has 51 valence electrons. The van der Waals surface area contributed by atoms with Crippen molar-refractivity contribution >= 4 is 11.8 Å². The van der Waals surface area contributed by atoms with E-state index in [1.54, 1.807) is 0 Å². The molecule has 0 atom stereocenters. The summed E-state index contributed by atoms with van der Waals surface area (Å²) in [7, 11) is 0. The van der Waals surface area contributed by atoms with Crippen LogP contribution in [0.5, 0.6) is 0 Å². The number of allylic oxidation sites excluding steroid dienone is 2. The van der Waals surface area contributed by atoms with Gasteiger partial charge in [-0.05, 0) is 25.2 Å². The van der Waals surface area contributed by atoms with Gasteiger partial charge in [0, 0.05) is 16.8 Å². The lowest BCUT2D eigenvalue weighted by molar-refractivity contribution is 1.09. The molecule has 0 aromatic heterocycles. The predicted octanol–water partition coefficient (Wildman–Crippen LogP) is 2.17. The second kappa shape index (κ2) is 2.20. The topological polar surface area (TPSA) is 12.0 Å². The van der Waals surface area contributed by atoms with Crippen molar-refractivity contribution in [2.75, 3.05) is 0 Å². The summed E-state index contributed by atoms with van der Waals surface area (Å²) >= 11 is 1.82. The van der Waals surface area contributed by atoms with Gasteiger partial charge in [0.25, 0.3) is 0 Å². The fourth-order valence-corrected chi connectivity index (χ4v) is 1.94. The van der Waals surface area contributed by atoms with Crippen molar-refractivity contribution in [1.82, 2.24) is 5.32 Å². The molecular formula is C8H8NS. The Balaban J connectivity index is 2.33. The molecule has 0 saturated carbocycles. The number of hydrogen-bond donors (Lipinski definition) is 1. The van der Waals surface area contributed by atoms with E-state index in [2.05, 4.69) is 24.4 Å². The highest BCUT2D eigenvalue weighted by atomic mass is 32.2. The zero-order chi connectivity index (χ0) is 6.97. The Bertz CT molecular complexity index is 238. The maximum absolute atomic E-state index is 3.18. The molecule has 2 aliphatic heterocycles. The van der Waals surface area contributed by atoms with Gasteiger partial charge in [0.2, 0.25) is 0 Å². The van der Waals surface area contributed by atoms with Crippen LogP contribution in [-0.2, 0) is 0 Å². The highest BCUT2D eigenvalue weighted by Gasteiger charge is 2.18. The van der Waals surface area contributed by atoms with E-state index < -0.39 is 0 Å². The number of nitrogens with one attached hydrogen (secondary N) is 1. The Morgan fingerprint density at radius 3 is 3.20 bits per heavy atom. The van der Waals surface area contributed by atoms with Gasteiger partial charge in [-0.25, -0.2) is 0 Å². The van der Waals surface area contributed by atoms with E-state index in [4.69, 9.17) is 0 Å². The summed E-state index contributed by atoms with van der Waals surface area (Å²) in [6, 6.07) is 0. The third kappa shape index (κ3) is 0.886. The van der Waals surface area contributed by atoms with Gasteiger partial charge in [0.15, 0.2) is 0 Å². The monoisotopic (exact) mass is 150 g/mol. The summed E-state index contributed by atoms with van der Waals surface area (Å²) in [5, 5.41) is 4.54. The Kier molecular flexibility index (Phi) is 1.34. The van der Waals surface area contributed by atoms with Crippen LogP contribution in [0.25, 0.3) is 0 Å². The normalized spacial score (nSPS) is 23.3. The zero-order valence-corrected chi connectivity index (χ0v) is 6.53. The van der Waals surface area contributed by atoms with Crippen molar-refractivity contribution in [2.24, 2.45) is 0 Å². The minimum absolute atomic E-state index is 1.24. The van der Waals surface area contributed by atoms with Crippen molar-refractivity contribution in [1.29, 1.82) is 0 Å². The smallest absolute Gasteiger partial charge is 0.0565 e. The number of thioether (sulfide) groups is 1. The lowest BCUT2D eigenvalue weighted by Gasteiger charge is -2.06. The van der Waals surface area contributed by atoms with E-state index in [0.717, 1.165) is 0 Å². The van der Waals surface area contributed by atoms with E-state index in [-0.39, 0.29) is 0 Å². The van der Waals surface area contributed by atoms with Crippen molar-refractivity contribution in [3.8, 4) is 0 Å². The average molecular weight is 150 g/mol. The van der Waals surface area contributed by atoms with Crippen LogP contribution in [0.3, 0.4) is 0 Å². The maximum atomic E-state index is 3.18. The van der Waals surface area contributed by atoms with Gasteiger partial charge in [0.05, 0.1) is 5.25 Å². The Morgan fingerprint density at radius 1 is 1.50 bits per heavy atom. The standard InChI is InChI=1S/C8H8NS/c1-6-5-7-8(10-6)3-2-4-9-7/h2-5,9H,1H3. The third-order valence-corrected chi connectivity index (χ3v) is 2.48. The van der Waals surface area contributed by atoms with Gasteiger partial charge < -0.3 is 5.32 Å². The molecule has 10 heavy (non-hydrogen) atoms. The fourth-order valence-electron chi connectivity index (χ4n) is 1.04. The van der Waals surface area contributed by atoms with E-state index in [1.165, 1.54) is 15.9 Å². The Morgan fingerprint density at radius 2 is 2.40 bits per heavy atom. The van der Waals surface area contributed by atoms with Crippen molar-refractivity contribution in [3.63, 3.8) is 0 Å². The first kappa shape index (κ1) is 6.10. The summed E-state index contributed by atoms with van der Waals surface area (Å²) in [6.07, 6.45) is 8.27. The molecule has 0 amide bonds. The van der Waals surface area contributed by atoms with Crippen LogP contribution >= 0.6 is 11.8 Å². The van der Waals surface area contributed by atoms with Crippen molar-refractivity contribution in [3.05, 3.63) is 40.3 Å². The van der Waals surface area contributed by atoms with Gasteiger partial charge in [-0.2, -0.15) is 0 Å². The summed E-state index contributed by atoms with van der Waals surface area (Å²) in [5.41, 5.74) is 1.24. The van der Waals surface area contributed by atoms with Crippen LogP contribution in [0.2, 0.25) is 0 Å². The van der Waals surface area contributed by atoms with Crippen molar-refractivity contribution in [2.45, 2.75) is 6.92 Å². The molecule has 0 aliphatic carbocycles. The number of dihydropyridines is 1. The maximum Gasteiger partial charge on any atom is 0.0565 e. The molecule has 0 aromatic rings. The minimum Gasteiger partial charge on any atom is -0.361 e. The highest BCUT2D eigenvalue weighted by Crippen LogP contribution is 2.40. The summed E-state index contributed by atoms with van der Waals surface area (Å²) in [4.78, 5) is 1.33. The van der Waals surface area contributed by atoms with Crippen LogP contribution < -0.4 is 5.32 Å². The predicted molar refractivity (Wildman–Crippen MR) is 44.9 cm³/mol. The largest absolute Gasteiger partial charge is 0.361 e. The lowest BCUT2D eigenvalue weighted by Crippen LogP contribution is -2.05. The Labute approximate surface area is 64.9 Å². The average Bonchev–Trinajstić information content (AvgIpc) is 2.27. The molecule has 0 unspecified atom stereocenters. The molecule has 1 N–H and O–H groups in total. The van der Waals surface area contributed by atoms with Crippen LogP contribution in [0, 0.1) is 5.25 Å². The molecular weight excluding hydrogens is 142 g/mol. The van der Waals surface area contributed by atoms with Gasteiger partial charge >= 0.3 is 0 Å². The summed E-state index contributed by atoms with van der Waals surface area (Å²) in [6.45, 7) is 2.12. The van der Waals surface area contributed by atoms with Crippen LogP contribution in [-0.4, -0.2) is 0 Å². The van der Waals surface area contributed by atoms with Gasteiger partial charge in [-0.1, -0.05) is 0 Å². The molecule has 0 aromatic carbocycles. The minimum atomic E-state index is 1.24. The number of hydrogen-bond acceptors (Lipinski definition) is 2. The molecule has 0 fully saturated rings. The molecule has 2 heterocycles. The second-order valence-corrected chi connectivity index (χ2v) is 3.59. The van der Waals surface area contributed by atoms with Gasteiger partial charge in [0.1, 0.15) is 0 Å². The first-order chi connectivity index (χ1) is 4.86. The van der Waals surface area contributed by atoms with Crippen LogP contribution in [0.15, 0.2) is 35.0 Å². The van der Waals surface area contributed by atoms with Crippen LogP contribution in [0.4, 0.5) is 0 Å². The summed E-state index contributed by atoms with van der Waals surface area (Å²) in [5.74, 6) is 0. The highest BCUT2D eigenvalue weighted by molar-refractivity contribution is 8.06. The lowest BCUT2D eigenvalue weighted by atomic mass is 10.3. The molecule has 0 saturated heterocycles. The first-order valence-corrected chi connectivity index (χ1v) is 4.05. The molecule has 2 heteroatoms. The van der Waals surface area contributed by atoms with E-state index in [9.17, 15) is 0 Å². The number of rotatable bonds is 0. The van der Waals surface area contributed by atoms with E-state index in [0.29, 0.717) is 0 Å². The zero-order valence-electron chi connectivity index (χ0n) is 5.72. The fraction of sp³-hybridized carbons (Fsp3) is 0.125. The summed E-state index contributed by atoms with van der Waals surface area (Å²) < 4.78 is 0. The third-order valence-electron chi connectivity index (χ3n) is 1.47. The molecule has 2 rings (SSSR count). The first-order valence-electron chi connectivity index (χ1n) is 3.23. The molecule has 0 spiro atoms. The van der Waals surface area contributed by atoms with Crippen LogP contribution in [0.1, 0.15) is 6.92 Å².